The molecule has 0 aromatic carbocycles. The Labute approximate surface area is 73.2 Å². The fraction of sp³-hybridized carbons (Fsp3) is 0.667. The molecule has 3 nitrogen and oxygen atoms in total. The number of nitrogens with zero attached hydrogens (tertiary/aromatic N) is 1. The maximum absolute atomic E-state index is 5.55. The van der Waals surface area contributed by atoms with E-state index in [4.69, 9.17) is 4.74 Å². The zero-order valence-corrected chi connectivity index (χ0v) is 7.87. The average molecular weight is 168 g/mol. The predicted molar refractivity (Wildman–Crippen MR) is 47.8 cm³/mol. The van der Waals surface area contributed by atoms with E-state index in [0.717, 1.165) is 12.4 Å². The Kier molecular flexibility index (Phi) is 3.29. The van der Waals surface area contributed by atoms with Gasteiger partial charge in [-0.3, -0.25) is 0 Å². The van der Waals surface area contributed by atoms with Gasteiger partial charge in [-0.25, -0.2) is 4.98 Å². The molecule has 1 unspecified atom stereocenters. The molecule has 1 rings (SSSR count). The van der Waals surface area contributed by atoms with Gasteiger partial charge in [-0.15, -0.1) is 0 Å². The summed E-state index contributed by atoms with van der Waals surface area (Å²) in [6, 6.07) is 0. The van der Waals surface area contributed by atoms with Gasteiger partial charge in [0.2, 0.25) is 0 Å². The molecule has 0 aliphatic rings. The summed E-state index contributed by atoms with van der Waals surface area (Å²) < 4.78 is 5.55. The first-order valence-electron chi connectivity index (χ1n) is 4.36. The standard InChI is InChI=1S/C9H16N2O/c1-4-12-8(7(2)3)9-10-5-6-11-9/h5-8H,4H2,1-3H3,(H,10,11). The summed E-state index contributed by atoms with van der Waals surface area (Å²) in [7, 11) is 0. The van der Waals surface area contributed by atoms with E-state index in [0.29, 0.717) is 5.92 Å². The molecule has 3 heteroatoms. The molecule has 0 spiro atoms. The molecular weight excluding hydrogens is 152 g/mol. The third-order valence-corrected chi connectivity index (χ3v) is 1.74. The maximum atomic E-state index is 5.55. The molecule has 1 aromatic rings. The molecule has 0 amide bonds. The van der Waals surface area contributed by atoms with Crippen LogP contribution in [0.3, 0.4) is 0 Å². The number of hydrogen-bond donors (Lipinski definition) is 1. The summed E-state index contributed by atoms with van der Waals surface area (Å²) in [5.41, 5.74) is 0. The molecular formula is C9H16N2O. The van der Waals surface area contributed by atoms with Crippen LogP contribution < -0.4 is 0 Å². The van der Waals surface area contributed by atoms with Gasteiger partial charge in [0.15, 0.2) is 0 Å². The lowest BCUT2D eigenvalue weighted by Crippen LogP contribution is -2.12. The molecule has 1 N–H and O–H groups in total. The zero-order valence-electron chi connectivity index (χ0n) is 7.87. The van der Waals surface area contributed by atoms with Crippen LogP contribution in [0.4, 0.5) is 0 Å². The van der Waals surface area contributed by atoms with Crippen molar-refractivity contribution < 1.29 is 4.74 Å². The van der Waals surface area contributed by atoms with E-state index in [9.17, 15) is 0 Å². The van der Waals surface area contributed by atoms with Crippen molar-refractivity contribution in [2.24, 2.45) is 5.92 Å². The number of imidazole rings is 1. The normalized spacial score (nSPS) is 13.7. The van der Waals surface area contributed by atoms with Crippen LogP contribution in [-0.4, -0.2) is 16.6 Å². The second-order valence-electron chi connectivity index (χ2n) is 3.09. The van der Waals surface area contributed by atoms with Crippen molar-refractivity contribution in [3.05, 3.63) is 18.2 Å². The highest BCUT2D eigenvalue weighted by Crippen LogP contribution is 2.21. The molecule has 1 atom stereocenters. The molecule has 1 heterocycles. The molecule has 0 saturated carbocycles. The van der Waals surface area contributed by atoms with Gasteiger partial charge in [0, 0.05) is 19.0 Å². The number of nitrogens with one attached hydrogen (secondary N) is 1. The Morgan fingerprint density at radius 3 is 2.75 bits per heavy atom. The van der Waals surface area contributed by atoms with Gasteiger partial charge in [0.25, 0.3) is 0 Å². The van der Waals surface area contributed by atoms with E-state index >= 15 is 0 Å². The lowest BCUT2D eigenvalue weighted by atomic mass is 10.1. The van der Waals surface area contributed by atoms with Gasteiger partial charge in [0.1, 0.15) is 11.9 Å². The largest absolute Gasteiger partial charge is 0.370 e. The smallest absolute Gasteiger partial charge is 0.135 e. The van der Waals surface area contributed by atoms with Crippen LogP contribution in [0, 0.1) is 5.92 Å². The SMILES string of the molecule is CCOC(c1ncc[nH]1)C(C)C. The lowest BCUT2D eigenvalue weighted by Gasteiger charge is -2.18. The van der Waals surface area contributed by atoms with Crippen molar-refractivity contribution in [3.8, 4) is 0 Å². The number of aromatic amines is 1. The van der Waals surface area contributed by atoms with Crippen molar-refractivity contribution in [3.63, 3.8) is 0 Å². The van der Waals surface area contributed by atoms with Crippen LogP contribution in [0.15, 0.2) is 12.4 Å². The Hall–Kier alpha value is -0.830. The number of ether oxygens (including phenoxy) is 1. The minimum absolute atomic E-state index is 0.102. The third-order valence-electron chi connectivity index (χ3n) is 1.74. The molecule has 0 bridgehead atoms. The molecule has 0 aliphatic carbocycles. The van der Waals surface area contributed by atoms with Crippen molar-refractivity contribution in [2.75, 3.05) is 6.61 Å². The first-order chi connectivity index (χ1) is 5.75. The number of hydrogen-bond acceptors (Lipinski definition) is 2. The first kappa shape index (κ1) is 9.26. The Morgan fingerprint density at radius 1 is 1.58 bits per heavy atom. The maximum Gasteiger partial charge on any atom is 0.135 e. The van der Waals surface area contributed by atoms with E-state index in [1.54, 1.807) is 6.20 Å². The third kappa shape index (κ3) is 2.08. The molecule has 0 radical (unpaired) electrons. The second kappa shape index (κ2) is 4.26. The van der Waals surface area contributed by atoms with E-state index in [2.05, 4.69) is 23.8 Å². The zero-order chi connectivity index (χ0) is 8.97. The molecule has 1 aromatic heterocycles. The van der Waals surface area contributed by atoms with E-state index in [1.165, 1.54) is 0 Å². The summed E-state index contributed by atoms with van der Waals surface area (Å²) in [5.74, 6) is 1.38. The van der Waals surface area contributed by atoms with Crippen LogP contribution >= 0.6 is 0 Å². The fourth-order valence-corrected chi connectivity index (χ4v) is 1.20. The predicted octanol–water partition coefficient (Wildman–Crippen LogP) is 2.14. The molecule has 0 fully saturated rings. The van der Waals surface area contributed by atoms with Crippen molar-refractivity contribution in [1.82, 2.24) is 9.97 Å². The van der Waals surface area contributed by atoms with E-state index in [1.807, 2.05) is 13.1 Å². The highest BCUT2D eigenvalue weighted by Gasteiger charge is 2.17. The van der Waals surface area contributed by atoms with Gasteiger partial charge in [-0.2, -0.15) is 0 Å². The highest BCUT2D eigenvalue weighted by molar-refractivity contribution is 4.93. The van der Waals surface area contributed by atoms with Crippen molar-refractivity contribution in [2.45, 2.75) is 26.9 Å². The summed E-state index contributed by atoms with van der Waals surface area (Å²) >= 11 is 0. The lowest BCUT2D eigenvalue weighted by molar-refractivity contribution is 0.0238. The van der Waals surface area contributed by atoms with E-state index < -0.39 is 0 Å². The Morgan fingerprint density at radius 2 is 2.33 bits per heavy atom. The van der Waals surface area contributed by atoms with Crippen LogP contribution in [0.5, 0.6) is 0 Å². The fourth-order valence-electron chi connectivity index (χ4n) is 1.20. The summed E-state index contributed by atoms with van der Waals surface area (Å²) in [5, 5.41) is 0. The van der Waals surface area contributed by atoms with Gasteiger partial charge in [-0.1, -0.05) is 13.8 Å². The molecule has 0 saturated heterocycles. The van der Waals surface area contributed by atoms with E-state index in [-0.39, 0.29) is 6.10 Å². The minimum Gasteiger partial charge on any atom is -0.370 e. The number of rotatable bonds is 4. The van der Waals surface area contributed by atoms with Crippen molar-refractivity contribution in [1.29, 1.82) is 0 Å². The number of aromatic nitrogens is 2. The number of H-pyrrole nitrogens is 1. The van der Waals surface area contributed by atoms with Gasteiger partial charge < -0.3 is 9.72 Å². The topological polar surface area (TPSA) is 37.9 Å². The van der Waals surface area contributed by atoms with Gasteiger partial charge >= 0.3 is 0 Å². The summed E-state index contributed by atoms with van der Waals surface area (Å²) in [6.45, 7) is 6.98. The van der Waals surface area contributed by atoms with Crippen LogP contribution in [0.1, 0.15) is 32.7 Å². The quantitative estimate of drug-likeness (QED) is 0.748. The van der Waals surface area contributed by atoms with Gasteiger partial charge in [0.05, 0.1) is 0 Å². The summed E-state index contributed by atoms with van der Waals surface area (Å²) in [6.07, 6.45) is 3.68. The van der Waals surface area contributed by atoms with Crippen molar-refractivity contribution >= 4 is 0 Å². The van der Waals surface area contributed by atoms with Crippen LogP contribution in [-0.2, 0) is 4.74 Å². The van der Waals surface area contributed by atoms with Crippen LogP contribution in [0.2, 0.25) is 0 Å². The Balaban J connectivity index is 2.66. The monoisotopic (exact) mass is 168 g/mol. The Bertz CT molecular complexity index is 206. The first-order valence-corrected chi connectivity index (χ1v) is 4.36. The second-order valence-corrected chi connectivity index (χ2v) is 3.09. The average Bonchev–Trinajstić information content (AvgIpc) is 2.51. The highest BCUT2D eigenvalue weighted by atomic mass is 16.5. The van der Waals surface area contributed by atoms with Crippen LogP contribution in [0.25, 0.3) is 0 Å². The minimum atomic E-state index is 0.102. The molecule has 12 heavy (non-hydrogen) atoms. The summed E-state index contributed by atoms with van der Waals surface area (Å²) in [4.78, 5) is 7.24. The van der Waals surface area contributed by atoms with Gasteiger partial charge in [-0.05, 0) is 12.8 Å². The molecule has 68 valence electrons. The molecule has 0 aliphatic heterocycles.